The molecule has 0 aromatic heterocycles. The summed E-state index contributed by atoms with van der Waals surface area (Å²) in [6.07, 6.45) is 1.24. The minimum Gasteiger partial charge on any atom is -0.468 e. The average Bonchev–Trinajstić information content (AvgIpc) is 2.35. The van der Waals surface area contributed by atoms with Crippen LogP contribution in [0.4, 0.5) is 5.69 Å². The summed E-state index contributed by atoms with van der Waals surface area (Å²) in [6.45, 7) is 0. The Bertz CT molecular complexity index is 404. The third-order valence-electron chi connectivity index (χ3n) is 2.29. The number of hydrogen-bond acceptors (Lipinski definition) is 4. The van der Waals surface area contributed by atoms with Gasteiger partial charge in [-0.25, -0.2) is 0 Å². The summed E-state index contributed by atoms with van der Waals surface area (Å²) in [4.78, 5) is 20.8. The van der Waals surface area contributed by atoms with E-state index in [2.05, 4.69) is 20.7 Å². The maximum absolute atomic E-state index is 11.1. The highest BCUT2D eigenvalue weighted by Crippen LogP contribution is 2.16. The fourth-order valence-electron chi connectivity index (χ4n) is 1.32. The zero-order chi connectivity index (χ0) is 12.8. The second-order valence-corrected chi connectivity index (χ2v) is 4.56. The molecule has 6 heteroatoms. The van der Waals surface area contributed by atoms with Crippen molar-refractivity contribution in [1.29, 1.82) is 0 Å². The zero-order valence-corrected chi connectivity index (χ0v) is 10.8. The summed E-state index contributed by atoms with van der Waals surface area (Å²) in [5.41, 5.74) is 1.01. The lowest BCUT2D eigenvalue weighted by atomic mass is 10.1. The minimum absolute atomic E-state index is 0.0668. The highest BCUT2D eigenvalue weighted by atomic mass is 79.9. The molecule has 0 fully saturated rings. The normalized spacial score (nSPS) is 11.9. The van der Waals surface area contributed by atoms with E-state index in [0.29, 0.717) is 12.8 Å². The number of rotatable bonds is 5. The Morgan fingerprint density at radius 3 is 2.53 bits per heavy atom. The first-order valence-electron chi connectivity index (χ1n) is 5.00. The Hall–Kier alpha value is -1.43. The first-order valence-corrected chi connectivity index (χ1v) is 5.91. The lowest BCUT2D eigenvalue weighted by molar-refractivity contribution is -0.384. The predicted molar refractivity (Wildman–Crippen MR) is 66.1 cm³/mol. The maximum atomic E-state index is 11.1. The van der Waals surface area contributed by atoms with Crippen molar-refractivity contribution in [3.63, 3.8) is 0 Å². The van der Waals surface area contributed by atoms with E-state index in [1.165, 1.54) is 19.2 Å². The Labute approximate surface area is 107 Å². The van der Waals surface area contributed by atoms with E-state index in [0.717, 1.165) is 5.56 Å². The first-order chi connectivity index (χ1) is 8.04. The molecule has 0 radical (unpaired) electrons. The molecule has 0 heterocycles. The van der Waals surface area contributed by atoms with E-state index < -0.39 is 4.92 Å². The Morgan fingerprint density at radius 2 is 2.06 bits per heavy atom. The molecule has 0 aliphatic rings. The summed E-state index contributed by atoms with van der Waals surface area (Å²) in [7, 11) is 1.34. The molecule has 1 rings (SSSR count). The van der Waals surface area contributed by atoms with Gasteiger partial charge in [-0.1, -0.05) is 28.1 Å². The van der Waals surface area contributed by atoms with Gasteiger partial charge in [-0.05, 0) is 18.4 Å². The van der Waals surface area contributed by atoms with E-state index >= 15 is 0 Å². The molecule has 0 aliphatic carbocycles. The monoisotopic (exact) mass is 301 g/mol. The van der Waals surface area contributed by atoms with Crippen molar-refractivity contribution in [2.75, 3.05) is 7.11 Å². The van der Waals surface area contributed by atoms with Crippen molar-refractivity contribution in [3.8, 4) is 0 Å². The third kappa shape index (κ3) is 4.14. The van der Waals surface area contributed by atoms with E-state index in [9.17, 15) is 14.9 Å². The second kappa shape index (κ2) is 6.34. The quantitative estimate of drug-likeness (QED) is 0.362. The van der Waals surface area contributed by atoms with E-state index in [1.54, 1.807) is 12.1 Å². The summed E-state index contributed by atoms with van der Waals surface area (Å²) < 4.78 is 4.58. The molecule has 0 saturated carbocycles. The molecule has 0 amide bonds. The fourth-order valence-corrected chi connectivity index (χ4v) is 1.74. The van der Waals surface area contributed by atoms with Gasteiger partial charge in [0.2, 0.25) is 0 Å². The number of non-ortho nitro benzene ring substituents is 1. The summed E-state index contributed by atoms with van der Waals surface area (Å²) >= 11 is 3.22. The molecule has 1 atom stereocenters. The summed E-state index contributed by atoms with van der Waals surface area (Å²) in [6, 6.07) is 6.29. The number of nitrogens with zero attached hydrogens (tertiary/aromatic N) is 1. The number of methoxy groups -OCH3 is 1. The number of carbonyl (C=O) groups is 1. The Kier molecular flexibility index (Phi) is 5.09. The number of aryl methyl sites for hydroxylation is 1. The van der Waals surface area contributed by atoms with Crippen LogP contribution >= 0.6 is 15.9 Å². The number of halogens is 1. The number of alkyl halides is 1. The molecule has 0 saturated heterocycles. The van der Waals surface area contributed by atoms with E-state index in [4.69, 9.17) is 0 Å². The van der Waals surface area contributed by atoms with Gasteiger partial charge >= 0.3 is 5.97 Å². The van der Waals surface area contributed by atoms with E-state index in [1.807, 2.05) is 0 Å². The number of ether oxygens (including phenoxy) is 1. The molecule has 0 spiro atoms. The maximum Gasteiger partial charge on any atom is 0.319 e. The smallest absolute Gasteiger partial charge is 0.319 e. The van der Waals surface area contributed by atoms with Crippen LogP contribution in [-0.4, -0.2) is 22.8 Å². The first kappa shape index (κ1) is 13.6. The van der Waals surface area contributed by atoms with Gasteiger partial charge < -0.3 is 4.74 Å². The molecule has 0 bridgehead atoms. The van der Waals surface area contributed by atoms with Gasteiger partial charge in [-0.3, -0.25) is 14.9 Å². The lowest BCUT2D eigenvalue weighted by Gasteiger charge is -2.06. The van der Waals surface area contributed by atoms with Gasteiger partial charge in [-0.2, -0.15) is 0 Å². The fraction of sp³-hybridized carbons (Fsp3) is 0.364. The van der Waals surface area contributed by atoms with Gasteiger partial charge in [0, 0.05) is 12.1 Å². The molecule has 0 N–H and O–H groups in total. The number of nitro groups is 1. The van der Waals surface area contributed by atoms with Crippen LogP contribution in [0.5, 0.6) is 0 Å². The number of carbonyl (C=O) groups excluding carboxylic acids is 1. The highest BCUT2D eigenvalue weighted by Gasteiger charge is 2.14. The predicted octanol–water partition coefficient (Wildman–Crippen LogP) is 2.46. The van der Waals surface area contributed by atoms with Crippen LogP contribution in [0.1, 0.15) is 12.0 Å². The average molecular weight is 302 g/mol. The van der Waals surface area contributed by atoms with Crippen molar-refractivity contribution < 1.29 is 14.5 Å². The largest absolute Gasteiger partial charge is 0.468 e. The van der Waals surface area contributed by atoms with Crippen LogP contribution in [-0.2, 0) is 16.0 Å². The SMILES string of the molecule is COC(=O)C(Br)CCc1ccc([N+](=O)[O-])cc1. The van der Waals surface area contributed by atoms with E-state index in [-0.39, 0.29) is 16.5 Å². The van der Waals surface area contributed by atoms with Crippen LogP contribution in [0.25, 0.3) is 0 Å². The van der Waals surface area contributed by atoms with Crippen LogP contribution < -0.4 is 0 Å². The number of esters is 1. The van der Waals surface area contributed by atoms with Crippen LogP contribution in [0, 0.1) is 10.1 Å². The highest BCUT2D eigenvalue weighted by molar-refractivity contribution is 9.10. The molecule has 1 unspecified atom stereocenters. The van der Waals surface area contributed by atoms with Crippen molar-refractivity contribution in [2.24, 2.45) is 0 Å². The van der Waals surface area contributed by atoms with Crippen LogP contribution in [0.15, 0.2) is 24.3 Å². The molecular formula is C11H12BrNO4. The van der Waals surface area contributed by atoms with Crippen LogP contribution in [0.2, 0.25) is 0 Å². The van der Waals surface area contributed by atoms with Crippen molar-refractivity contribution in [3.05, 3.63) is 39.9 Å². The van der Waals surface area contributed by atoms with Gasteiger partial charge in [0.25, 0.3) is 5.69 Å². The van der Waals surface area contributed by atoms with Crippen LogP contribution in [0.3, 0.4) is 0 Å². The minimum atomic E-state index is -0.439. The summed E-state index contributed by atoms with van der Waals surface area (Å²) in [5, 5.41) is 10.4. The second-order valence-electron chi connectivity index (χ2n) is 3.45. The molecule has 17 heavy (non-hydrogen) atoms. The molecular weight excluding hydrogens is 290 g/mol. The summed E-state index contributed by atoms with van der Waals surface area (Å²) in [5.74, 6) is -0.313. The number of hydrogen-bond donors (Lipinski definition) is 0. The third-order valence-corrected chi connectivity index (χ3v) is 3.12. The molecule has 1 aromatic carbocycles. The standard InChI is InChI=1S/C11H12BrNO4/c1-17-11(14)10(12)7-4-8-2-5-9(6-3-8)13(15)16/h2-3,5-6,10H,4,7H2,1H3. The number of nitro benzene ring substituents is 1. The van der Waals surface area contributed by atoms with Gasteiger partial charge in [0.05, 0.1) is 12.0 Å². The zero-order valence-electron chi connectivity index (χ0n) is 9.26. The molecule has 92 valence electrons. The van der Waals surface area contributed by atoms with Gasteiger partial charge in [0.15, 0.2) is 0 Å². The van der Waals surface area contributed by atoms with Gasteiger partial charge in [0.1, 0.15) is 4.83 Å². The number of benzene rings is 1. The van der Waals surface area contributed by atoms with Crippen molar-refractivity contribution in [1.82, 2.24) is 0 Å². The Morgan fingerprint density at radius 1 is 1.47 bits per heavy atom. The lowest BCUT2D eigenvalue weighted by Crippen LogP contribution is -2.16. The van der Waals surface area contributed by atoms with Crippen molar-refractivity contribution in [2.45, 2.75) is 17.7 Å². The van der Waals surface area contributed by atoms with Gasteiger partial charge in [-0.15, -0.1) is 0 Å². The topological polar surface area (TPSA) is 69.4 Å². The molecule has 1 aromatic rings. The van der Waals surface area contributed by atoms with Crippen molar-refractivity contribution >= 4 is 27.6 Å². The molecule has 5 nitrogen and oxygen atoms in total. The molecule has 0 aliphatic heterocycles. The Balaban J connectivity index is 2.53.